The van der Waals surface area contributed by atoms with Crippen LogP contribution in [0.15, 0.2) is 52.9 Å². The van der Waals surface area contributed by atoms with E-state index in [4.69, 9.17) is 0 Å². The third-order valence-corrected chi connectivity index (χ3v) is 5.66. The summed E-state index contributed by atoms with van der Waals surface area (Å²) in [6.07, 6.45) is 0.667. The van der Waals surface area contributed by atoms with Crippen LogP contribution in [-0.2, 0) is 11.2 Å². The number of nitrogens with one attached hydrogen (secondary N) is 2. The number of hydrogen-bond donors (Lipinski definition) is 2. The molecular formula is C19H19FN4OS2. The molecule has 0 unspecified atom stereocenters. The first-order valence-corrected chi connectivity index (χ1v) is 10.2. The van der Waals surface area contributed by atoms with E-state index in [0.717, 1.165) is 15.6 Å². The lowest BCUT2D eigenvalue weighted by atomic mass is 10.1. The number of amides is 1. The lowest BCUT2D eigenvalue weighted by molar-refractivity contribution is -0.118. The van der Waals surface area contributed by atoms with Crippen LogP contribution in [0.4, 0.5) is 15.2 Å². The van der Waals surface area contributed by atoms with Gasteiger partial charge in [-0.1, -0.05) is 52.9 Å². The van der Waals surface area contributed by atoms with Crippen LogP contribution in [-0.4, -0.2) is 28.4 Å². The molecule has 0 spiro atoms. The van der Waals surface area contributed by atoms with Gasteiger partial charge in [-0.2, -0.15) is 0 Å². The zero-order chi connectivity index (χ0) is 19.1. The summed E-state index contributed by atoms with van der Waals surface area (Å²) >= 11 is 2.76. The van der Waals surface area contributed by atoms with E-state index in [1.54, 1.807) is 12.1 Å². The maximum atomic E-state index is 12.9. The predicted octanol–water partition coefficient (Wildman–Crippen LogP) is 4.18. The maximum absolute atomic E-state index is 12.9. The van der Waals surface area contributed by atoms with Gasteiger partial charge < -0.3 is 10.6 Å². The van der Waals surface area contributed by atoms with E-state index >= 15 is 0 Å². The number of halogens is 1. The SMILES string of the molecule is Cc1ccc(Nc2nnc(SCC(=O)NCCc3ccc(F)cc3)s2)cc1. The Morgan fingerprint density at radius 3 is 2.59 bits per heavy atom. The lowest BCUT2D eigenvalue weighted by Gasteiger charge is -2.04. The van der Waals surface area contributed by atoms with Crippen LogP contribution in [0.5, 0.6) is 0 Å². The molecule has 0 saturated heterocycles. The molecule has 0 saturated carbocycles. The monoisotopic (exact) mass is 402 g/mol. The van der Waals surface area contributed by atoms with Gasteiger partial charge in [0.2, 0.25) is 11.0 Å². The quantitative estimate of drug-likeness (QED) is 0.553. The molecule has 1 heterocycles. The summed E-state index contributed by atoms with van der Waals surface area (Å²) < 4.78 is 13.6. The van der Waals surface area contributed by atoms with Gasteiger partial charge in [-0.25, -0.2) is 4.39 Å². The van der Waals surface area contributed by atoms with Gasteiger partial charge in [-0.15, -0.1) is 10.2 Å². The molecule has 27 heavy (non-hydrogen) atoms. The molecule has 0 fully saturated rings. The average Bonchev–Trinajstić information content (AvgIpc) is 3.11. The van der Waals surface area contributed by atoms with E-state index in [1.165, 1.54) is 40.8 Å². The Hall–Kier alpha value is -2.45. The van der Waals surface area contributed by atoms with Crippen molar-refractivity contribution in [2.24, 2.45) is 0 Å². The van der Waals surface area contributed by atoms with Crippen molar-refractivity contribution in [3.63, 3.8) is 0 Å². The zero-order valence-electron chi connectivity index (χ0n) is 14.7. The van der Waals surface area contributed by atoms with Crippen LogP contribution in [0.2, 0.25) is 0 Å². The van der Waals surface area contributed by atoms with Crippen molar-refractivity contribution >= 4 is 39.8 Å². The summed E-state index contributed by atoms with van der Waals surface area (Å²) in [4.78, 5) is 11.9. The van der Waals surface area contributed by atoms with Gasteiger partial charge in [0.05, 0.1) is 5.75 Å². The summed E-state index contributed by atoms with van der Waals surface area (Å²) in [7, 11) is 0. The normalized spacial score (nSPS) is 10.6. The van der Waals surface area contributed by atoms with Crippen molar-refractivity contribution in [3.05, 3.63) is 65.5 Å². The number of nitrogens with zero attached hydrogens (tertiary/aromatic N) is 2. The molecule has 140 valence electrons. The fraction of sp³-hybridized carbons (Fsp3) is 0.211. The minimum absolute atomic E-state index is 0.0645. The molecule has 1 aromatic heterocycles. The third-order valence-electron chi connectivity index (χ3n) is 3.69. The van der Waals surface area contributed by atoms with Crippen molar-refractivity contribution in [3.8, 4) is 0 Å². The van der Waals surface area contributed by atoms with Gasteiger partial charge in [-0.05, 0) is 43.2 Å². The molecule has 0 aliphatic heterocycles. The average molecular weight is 403 g/mol. The number of thioether (sulfide) groups is 1. The number of hydrogen-bond acceptors (Lipinski definition) is 6. The Morgan fingerprint density at radius 2 is 1.85 bits per heavy atom. The topological polar surface area (TPSA) is 66.9 Å². The fourth-order valence-electron chi connectivity index (χ4n) is 2.25. The molecule has 0 radical (unpaired) electrons. The Balaban J connectivity index is 1.39. The van der Waals surface area contributed by atoms with E-state index in [2.05, 4.69) is 20.8 Å². The van der Waals surface area contributed by atoms with Crippen LogP contribution < -0.4 is 10.6 Å². The molecule has 0 aliphatic carbocycles. The first kappa shape index (κ1) is 19.3. The molecule has 2 N–H and O–H groups in total. The van der Waals surface area contributed by atoms with Gasteiger partial charge in [0.25, 0.3) is 0 Å². The standard InChI is InChI=1S/C19H19FN4OS2/c1-13-2-8-16(9-3-13)22-18-23-24-19(27-18)26-12-17(25)21-11-10-14-4-6-15(20)7-5-14/h2-9H,10-12H2,1H3,(H,21,25)(H,22,23). The van der Waals surface area contributed by atoms with Crippen LogP contribution in [0.1, 0.15) is 11.1 Å². The molecule has 2 aromatic carbocycles. The molecule has 0 bridgehead atoms. The Morgan fingerprint density at radius 1 is 1.11 bits per heavy atom. The summed E-state index contributed by atoms with van der Waals surface area (Å²) in [5.41, 5.74) is 3.13. The van der Waals surface area contributed by atoms with Gasteiger partial charge in [-0.3, -0.25) is 4.79 Å². The van der Waals surface area contributed by atoms with Gasteiger partial charge in [0, 0.05) is 12.2 Å². The largest absolute Gasteiger partial charge is 0.355 e. The van der Waals surface area contributed by atoms with Crippen LogP contribution in [0.3, 0.4) is 0 Å². The van der Waals surface area contributed by atoms with E-state index in [-0.39, 0.29) is 17.5 Å². The molecule has 0 aliphatic rings. The highest BCUT2D eigenvalue weighted by Gasteiger charge is 2.08. The van der Waals surface area contributed by atoms with Crippen LogP contribution >= 0.6 is 23.1 Å². The van der Waals surface area contributed by atoms with E-state index in [0.29, 0.717) is 18.1 Å². The van der Waals surface area contributed by atoms with Crippen molar-refractivity contribution in [1.29, 1.82) is 0 Å². The minimum Gasteiger partial charge on any atom is -0.355 e. The number of benzene rings is 2. The Labute approximate surface area is 165 Å². The van der Waals surface area contributed by atoms with Gasteiger partial charge in [0.15, 0.2) is 4.34 Å². The second kappa shape index (κ2) is 9.48. The van der Waals surface area contributed by atoms with Crippen molar-refractivity contribution in [1.82, 2.24) is 15.5 Å². The van der Waals surface area contributed by atoms with Crippen LogP contribution in [0.25, 0.3) is 0 Å². The summed E-state index contributed by atoms with van der Waals surface area (Å²) in [6, 6.07) is 14.3. The van der Waals surface area contributed by atoms with Gasteiger partial charge >= 0.3 is 0 Å². The van der Waals surface area contributed by atoms with Crippen molar-refractivity contribution < 1.29 is 9.18 Å². The number of carbonyl (C=O) groups is 1. The molecule has 3 aromatic rings. The molecule has 1 amide bonds. The predicted molar refractivity (Wildman–Crippen MR) is 108 cm³/mol. The van der Waals surface area contributed by atoms with Gasteiger partial charge in [0.1, 0.15) is 5.82 Å². The highest BCUT2D eigenvalue weighted by atomic mass is 32.2. The summed E-state index contributed by atoms with van der Waals surface area (Å²) in [5, 5.41) is 14.9. The molecular weight excluding hydrogens is 383 g/mol. The molecule has 0 atom stereocenters. The Kier molecular flexibility index (Phi) is 6.78. The second-order valence-corrected chi connectivity index (χ2v) is 8.08. The first-order chi connectivity index (χ1) is 13.1. The third kappa shape index (κ3) is 6.33. The number of rotatable bonds is 8. The van der Waals surface area contributed by atoms with E-state index in [1.807, 2.05) is 31.2 Å². The molecule has 3 rings (SSSR count). The lowest BCUT2D eigenvalue weighted by Crippen LogP contribution is -2.27. The van der Waals surface area contributed by atoms with E-state index in [9.17, 15) is 9.18 Å². The number of anilines is 2. The number of aromatic nitrogens is 2. The first-order valence-electron chi connectivity index (χ1n) is 8.39. The Bertz CT molecular complexity index is 881. The van der Waals surface area contributed by atoms with Crippen LogP contribution in [0, 0.1) is 12.7 Å². The van der Waals surface area contributed by atoms with Crippen molar-refractivity contribution in [2.75, 3.05) is 17.6 Å². The number of carbonyl (C=O) groups excluding carboxylic acids is 1. The molecule has 5 nitrogen and oxygen atoms in total. The maximum Gasteiger partial charge on any atom is 0.230 e. The fourth-order valence-corrected chi connectivity index (χ4v) is 3.86. The number of aryl methyl sites for hydroxylation is 1. The summed E-state index contributed by atoms with van der Waals surface area (Å²) in [5.74, 6) is -0.0411. The molecule has 8 heteroatoms. The highest BCUT2D eigenvalue weighted by Crippen LogP contribution is 2.27. The minimum atomic E-state index is -0.257. The zero-order valence-corrected chi connectivity index (χ0v) is 16.4. The van der Waals surface area contributed by atoms with Crippen molar-refractivity contribution in [2.45, 2.75) is 17.7 Å². The highest BCUT2D eigenvalue weighted by molar-refractivity contribution is 8.01. The smallest absolute Gasteiger partial charge is 0.230 e. The van der Waals surface area contributed by atoms with E-state index < -0.39 is 0 Å². The second-order valence-electron chi connectivity index (χ2n) is 5.88. The summed E-state index contributed by atoms with van der Waals surface area (Å²) in [6.45, 7) is 2.55.